The molecule has 0 fully saturated rings. The van der Waals surface area contributed by atoms with Gasteiger partial charge in [0.25, 0.3) is 5.91 Å². The summed E-state index contributed by atoms with van der Waals surface area (Å²) in [6.45, 7) is 3.63. The average molecular weight is 272 g/mol. The van der Waals surface area contributed by atoms with Crippen molar-refractivity contribution in [3.05, 3.63) is 54.4 Å². The fourth-order valence-electron chi connectivity index (χ4n) is 1.91. The molecule has 1 aromatic carbocycles. The molecule has 0 saturated carbocycles. The van der Waals surface area contributed by atoms with E-state index in [4.69, 9.17) is 4.74 Å². The second-order valence-electron chi connectivity index (χ2n) is 4.73. The molecular formula is C16H20N2O2. The van der Waals surface area contributed by atoms with Crippen LogP contribution in [0.2, 0.25) is 0 Å². The molecule has 4 heteroatoms. The highest BCUT2D eigenvalue weighted by molar-refractivity contribution is 5.77. The van der Waals surface area contributed by atoms with E-state index in [1.165, 1.54) is 0 Å². The number of amides is 1. The minimum atomic E-state index is -0.0842. The van der Waals surface area contributed by atoms with Gasteiger partial charge in [-0.25, -0.2) is 0 Å². The van der Waals surface area contributed by atoms with Gasteiger partial charge in [-0.05, 0) is 43.2 Å². The zero-order chi connectivity index (χ0) is 14.2. The molecule has 1 heterocycles. The normalized spacial score (nSPS) is 10.2. The fourth-order valence-corrected chi connectivity index (χ4v) is 1.91. The summed E-state index contributed by atoms with van der Waals surface area (Å²) in [6, 6.07) is 11.7. The maximum absolute atomic E-state index is 11.6. The number of aromatic nitrogens is 1. The lowest BCUT2D eigenvalue weighted by atomic mass is 10.2. The number of nitrogens with zero attached hydrogens (tertiary/aromatic N) is 1. The number of nitrogens with one attached hydrogen (secondary N) is 1. The summed E-state index contributed by atoms with van der Waals surface area (Å²) >= 11 is 0. The van der Waals surface area contributed by atoms with Gasteiger partial charge in [0.2, 0.25) is 0 Å². The van der Waals surface area contributed by atoms with Gasteiger partial charge in [0.05, 0.1) is 0 Å². The van der Waals surface area contributed by atoms with Crippen LogP contribution in [0.5, 0.6) is 5.75 Å². The van der Waals surface area contributed by atoms with Crippen LogP contribution in [0.25, 0.3) is 0 Å². The largest absolute Gasteiger partial charge is 0.484 e. The molecule has 0 spiro atoms. The van der Waals surface area contributed by atoms with Crippen molar-refractivity contribution in [1.29, 1.82) is 0 Å². The molecule has 1 aromatic heterocycles. The molecule has 0 atom stereocenters. The van der Waals surface area contributed by atoms with Gasteiger partial charge in [0, 0.05) is 25.5 Å². The predicted molar refractivity (Wildman–Crippen MR) is 78.7 cm³/mol. The SMILES string of the molecule is Cc1cccc(OCC(=O)NCCCn2cccc2)c1. The quantitative estimate of drug-likeness (QED) is 0.786. The van der Waals surface area contributed by atoms with E-state index in [9.17, 15) is 4.79 Å². The Balaban J connectivity index is 1.61. The Bertz CT molecular complexity index is 535. The molecule has 0 unspecified atom stereocenters. The van der Waals surface area contributed by atoms with E-state index in [2.05, 4.69) is 9.88 Å². The Hall–Kier alpha value is -2.23. The summed E-state index contributed by atoms with van der Waals surface area (Å²) in [5.74, 6) is 0.645. The second kappa shape index (κ2) is 7.38. The lowest BCUT2D eigenvalue weighted by Gasteiger charge is -2.08. The smallest absolute Gasteiger partial charge is 0.257 e. The molecule has 4 nitrogen and oxygen atoms in total. The van der Waals surface area contributed by atoms with Crippen LogP contribution in [0.1, 0.15) is 12.0 Å². The number of benzene rings is 1. The highest BCUT2D eigenvalue weighted by Gasteiger charge is 2.02. The molecule has 0 aliphatic carbocycles. The second-order valence-corrected chi connectivity index (χ2v) is 4.73. The highest BCUT2D eigenvalue weighted by atomic mass is 16.5. The number of carbonyl (C=O) groups is 1. The predicted octanol–water partition coefficient (Wildman–Crippen LogP) is 2.38. The summed E-state index contributed by atoms with van der Waals surface area (Å²) in [7, 11) is 0. The molecule has 0 aliphatic heterocycles. The van der Waals surface area contributed by atoms with Gasteiger partial charge in [-0.1, -0.05) is 12.1 Å². The fraction of sp³-hybridized carbons (Fsp3) is 0.312. The van der Waals surface area contributed by atoms with Crippen LogP contribution >= 0.6 is 0 Å². The van der Waals surface area contributed by atoms with Crippen LogP contribution in [-0.2, 0) is 11.3 Å². The standard InChI is InChI=1S/C16H20N2O2/c1-14-6-4-7-15(12-14)20-13-16(19)17-8-5-11-18-9-2-3-10-18/h2-4,6-7,9-10,12H,5,8,11,13H2,1H3,(H,17,19). The monoisotopic (exact) mass is 272 g/mol. The number of carbonyl (C=O) groups excluding carboxylic acids is 1. The number of ether oxygens (including phenoxy) is 1. The first-order chi connectivity index (χ1) is 9.74. The van der Waals surface area contributed by atoms with E-state index >= 15 is 0 Å². The van der Waals surface area contributed by atoms with Crippen LogP contribution < -0.4 is 10.1 Å². The van der Waals surface area contributed by atoms with Gasteiger partial charge in [0.1, 0.15) is 5.75 Å². The minimum absolute atomic E-state index is 0.0625. The summed E-state index contributed by atoms with van der Waals surface area (Å²) in [6.07, 6.45) is 4.94. The summed E-state index contributed by atoms with van der Waals surface area (Å²) < 4.78 is 7.53. The summed E-state index contributed by atoms with van der Waals surface area (Å²) in [5, 5.41) is 2.85. The molecule has 2 rings (SSSR count). The number of hydrogen-bond donors (Lipinski definition) is 1. The molecule has 20 heavy (non-hydrogen) atoms. The van der Waals surface area contributed by atoms with Gasteiger partial charge in [-0.2, -0.15) is 0 Å². The number of hydrogen-bond acceptors (Lipinski definition) is 2. The van der Waals surface area contributed by atoms with Crippen LogP contribution in [0.15, 0.2) is 48.8 Å². The van der Waals surface area contributed by atoms with Gasteiger partial charge in [-0.15, -0.1) is 0 Å². The van der Waals surface area contributed by atoms with Crippen LogP contribution in [-0.4, -0.2) is 23.6 Å². The van der Waals surface area contributed by atoms with E-state index in [0.717, 1.165) is 24.3 Å². The number of aryl methyl sites for hydroxylation is 2. The van der Waals surface area contributed by atoms with Gasteiger partial charge in [-0.3, -0.25) is 4.79 Å². The van der Waals surface area contributed by atoms with Gasteiger partial charge >= 0.3 is 0 Å². The van der Waals surface area contributed by atoms with E-state index in [-0.39, 0.29) is 12.5 Å². The number of rotatable bonds is 7. The molecule has 1 amide bonds. The molecular weight excluding hydrogens is 252 g/mol. The van der Waals surface area contributed by atoms with E-state index in [1.807, 2.05) is 55.7 Å². The van der Waals surface area contributed by atoms with Gasteiger partial charge < -0.3 is 14.6 Å². The average Bonchev–Trinajstić information content (AvgIpc) is 2.95. The van der Waals surface area contributed by atoms with Gasteiger partial charge in [0.15, 0.2) is 6.61 Å². The van der Waals surface area contributed by atoms with Crippen molar-refractivity contribution < 1.29 is 9.53 Å². The molecule has 0 radical (unpaired) electrons. The molecule has 106 valence electrons. The lowest BCUT2D eigenvalue weighted by molar-refractivity contribution is -0.123. The van der Waals surface area contributed by atoms with E-state index in [0.29, 0.717) is 6.54 Å². The first-order valence-corrected chi connectivity index (χ1v) is 6.81. The van der Waals surface area contributed by atoms with Crippen LogP contribution in [0, 0.1) is 6.92 Å². The summed E-state index contributed by atoms with van der Waals surface area (Å²) in [4.78, 5) is 11.6. The van der Waals surface area contributed by atoms with Crippen molar-refractivity contribution in [1.82, 2.24) is 9.88 Å². The molecule has 0 aliphatic rings. The lowest BCUT2D eigenvalue weighted by Crippen LogP contribution is -2.30. The van der Waals surface area contributed by atoms with Crippen molar-refractivity contribution in [2.24, 2.45) is 0 Å². The van der Waals surface area contributed by atoms with Crippen molar-refractivity contribution >= 4 is 5.91 Å². The first kappa shape index (κ1) is 14.2. The maximum atomic E-state index is 11.6. The van der Waals surface area contributed by atoms with E-state index < -0.39 is 0 Å². The summed E-state index contributed by atoms with van der Waals surface area (Å²) in [5.41, 5.74) is 1.12. The third-order valence-corrected chi connectivity index (χ3v) is 2.94. The van der Waals surface area contributed by atoms with Crippen LogP contribution in [0.3, 0.4) is 0 Å². The highest BCUT2D eigenvalue weighted by Crippen LogP contribution is 2.11. The van der Waals surface area contributed by atoms with Crippen molar-refractivity contribution in [2.75, 3.05) is 13.2 Å². The Morgan fingerprint density at radius 2 is 2.05 bits per heavy atom. The van der Waals surface area contributed by atoms with Crippen molar-refractivity contribution in [3.63, 3.8) is 0 Å². The Morgan fingerprint density at radius 1 is 1.25 bits per heavy atom. The topological polar surface area (TPSA) is 43.3 Å². The minimum Gasteiger partial charge on any atom is -0.484 e. The van der Waals surface area contributed by atoms with E-state index in [1.54, 1.807) is 0 Å². The Kier molecular flexibility index (Phi) is 5.24. The Morgan fingerprint density at radius 3 is 2.80 bits per heavy atom. The zero-order valence-corrected chi connectivity index (χ0v) is 11.7. The molecule has 2 aromatic rings. The maximum Gasteiger partial charge on any atom is 0.257 e. The van der Waals surface area contributed by atoms with Crippen LogP contribution in [0.4, 0.5) is 0 Å². The molecule has 0 saturated heterocycles. The van der Waals surface area contributed by atoms with Crippen molar-refractivity contribution in [2.45, 2.75) is 19.9 Å². The molecule has 0 bridgehead atoms. The third kappa shape index (κ3) is 4.80. The third-order valence-electron chi connectivity index (χ3n) is 2.94. The zero-order valence-electron chi connectivity index (χ0n) is 11.7. The Labute approximate surface area is 119 Å². The molecule has 1 N–H and O–H groups in total. The first-order valence-electron chi connectivity index (χ1n) is 6.81. The van der Waals surface area contributed by atoms with Crippen molar-refractivity contribution in [3.8, 4) is 5.75 Å².